The van der Waals surface area contributed by atoms with Gasteiger partial charge < -0.3 is 14.8 Å². The molecule has 0 fully saturated rings. The van der Waals surface area contributed by atoms with Crippen LogP contribution in [0.5, 0.6) is 0 Å². The number of carbonyl (C=O) groups is 1. The van der Waals surface area contributed by atoms with Gasteiger partial charge in [-0.2, -0.15) is 0 Å². The Morgan fingerprint density at radius 2 is 2.00 bits per heavy atom. The maximum atomic E-state index is 11.7. The van der Waals surface area contributed by atoms with E-state index < -0.39 is 6.10 Å². The lowest BCUT2D eigenvalue weighted by atomic mass is 10.1. The highest BCUT2D eigenvalue weighted by Gasteiger charge is 2.18. The smallest absolute Gasteiger partial charge is 0.255 e. The molecule has 1 heterocycles. The standard InChI is InChI=1S/C11H17NO3/c1-6(13)5-12-11(14)10-7(2)8(3)15-9(10)4/h6,13H,5H2,1-4H3,(H,12,14). The van der Waals surface area contributed by atoms with E-state index in [1.165, 1.54) is 0 Å². The van der Waals surface area contributed by atoms with E-state index in [4.69, 9.17) is 9.52 Å². The van der Waals surface area contributed by atoms with Gasteiger partial charge in [0, 0.05) is 12.1 Å². The maximum absolute atomic E-state index is 11.7. The van der Waals surface area contributed by atoms with Crippen LogP contribution in [0.1, 0.15) is 34.4 Å². The maximum Gasteiger partial charge on any atom is 0.255 e. The highest BCUT2D eigenvalue weighted by molar-refractivity contribution is 5.96. The van der Waals surface area contributed by atoms with Gasteiger partial charge in [-0.1, -0.05) is 0 Å². The molecule has 1 atom stereocenters. The molecular formula is C11H17NO3. The summed E-state index contributed by atoms with van der Waals surface area (Å²) in [5.41, 5.74) is 1.43. The summed E-state index contributed by atoms with van der Waals surface area (Å²) in [6.07, 6.45) is -0.539. The van der Waals surface area contributed by atoms with Crippen molar-refractivity contribution in [2.24, 2.45) is 0 Å². The van der Waals surface area contributed by atoms with Crippen molar-refractivity contribution in [3.05, 3.63) is 22.6 Å². The second-order valence-corrected chi connectivity index (χ2v) is 3.77. The topological polar surface area (TPSA) is 62.5 Å². The normalized spacial score (nSPS) is 12.6. The summed E-state index contributed by atoms with van der Waals surface area (Å²) in [5.74, 6) is 1.19. The van der Waals surface area contributed by atoms with Gasteiger partial charge in [-0.3, -0.25) is 4.79 Å². The van der Waals surface area contributed by atoms with Crippen molar-refractivity contribution < 1.29 is 14.3 Å². The quantitative estimate of drug-likeness (QED) is 0.792. The van der Waals surface area contributed by atoms with Crippen LogP contribution >= 0.6 is 0 Å². The Kier molecular flexibility index (Phi) is 3.52. The molecule has 0 radical (unpaired) electrons. The molecule has 1 aromatic rings. The van der Waals surface area contributed by atoms with Gasteiger partial charge in [0.15, 0.2) is 0 Å². The molecule has 0 aliphatic rings. The van der Waals surface area contributed by atoms with Crippen molar-refractivity contribution in [1.82, 2.24) is 5.32 Å². The monoisotopic (exact) mass is 211 g/mol. The lowest BCUT2D eigenvalue weighted by Crippen LogP contribution is -2.31. The summed E-state index contributed by atoms with van der Waals surface area (Å²) in [4.78, 5) is 11.7. The Bertz CT molecular complexity index is 366. The van der Waals surface area contributed by atoms with E-state index in [2.05, 4.69) is 5.32 Å². The molecule has 2 N–H and O–H groups in total. The molecule has 0 saturated heterocycles. The first-order chi connectivity index (χ1) is 6.93. The third kappa shape index (κ3) is 2.59. The van der Waals surface area contributed by atoms with Crippen LogP contribution in [0, 0.1) is 20.8 Å². The van der Waals surface area contributed by atoms with Crippen LogP contribution in [0.2, 0.25) is 0 Å². The second kappa shape index (κ2) is 4.49. The summed E-state index contributed by atoms with van der Waals surface area (Å²) in [6.45, 7) is 7.32. The van der Waals surface area contributed by atoms with Gasteiger partial charge in [0.2, 0.25) is 0 Å². The number of amides is 1. The summed E-state index contributed by atoms with van der Waals surface area (Å²) < 4.78 is 5.35. The predicted octanol–water partition coefficient (Wildman–Crippen LogP) is 1.32. The molecule has 84 valence electrons. The number of hydrogen-bond donors (Lipinski definition) is 2. The van der Waals surface area contributed by atoms with Crippen molar-refractivity contribution in [3.63, 3.8) is 0 Å². The Morgan fingerprint density at radius 3 is 2.40 bits per heavy atom. The van der Waals surface area contributed by atoms with Gasteiger partial charge in [0.25, 0.3) is 5.91 Å². The highest BCUT2D eigenvalue weighted by Crippen LogP contribution is 2.20. The summed E-state index contributed by atoms with van der Waals surface area (Å²) in [6, 6.07) is 0. The SMILES string of the molecule is Cc1oc(C)c(C(=O)NCC(C)O)c1C. The predicted molar refractivity (Wildman–Crippen MR) is 56.9 cm³/mol. The molecule has 1 unspecified atom stereocenters. The molecule has 0 saturated carbocycles. The van der Waals surface area contributed by atoms with Crippen molar-refractivity contribution in [1.29, 1.82) is 0 Å². The Morgan fingerprint density at radius 1 is 1.40 bits per heavy atom. The Labute approximate surface area is 89.3 Å². The molecule has 1 rings (SSSR count). The average molecular weight is 211 g/mol. The zero-order chi connectivity index (χ0) is 11.6. The highest BCUT2D eigenvalue weighted by atomic mass is 16.3. The number of aliphatic hydroxyl groups excluding tert-OH is 1. The van der Waals surface area contributed by atoms with Crippen LogP contribution in [0.25, 0.3) is 0 Å². The molecule has 4 nitrogen and oxygen atoms in total. The van der Waals surface area contributed by atoms with Gasteiger partial charge in [-0.05, 0) is 27.7 Å². The van der Waals surface area contributed by atoms with E-state index in [1.54, 1.807) is 13.8 Å². The first-order valence-corrected chi connectivity index (χ1v) is 4.96. The minimum atomic E-state index is -0.539. The lowest BCUT2D eigenvalue weighted by Gasteiger charge is -2.06. The Balaban J connectivity index is 2.82. The van der Waals surface area contributed by atoms with Crippen LogP contribution in [-0.4, -0.2) is 23.7 Å². The van der Waals surface area contributed by atoms with Gasteiger partial charge in [-0.25, -0.2) is 0 Å². The van der Waals surface area contributed by atoms with E-state index in [0.29, 0.717) is 11.3 Å². The Hall–Kier alpha value is -1.29. The van der Waals surface area contributed by atoms with E-state index in [0.717, 1.165) is 11.3 Å². The van der Waals surface area contributed by atoms with E-state index in [9.17, 15) is 4.79 Å². The fraction of sp³-hybridized carbons (Fsp3) is 0.545. The van der Waals surface area contributed by atoms with Crippen LogP contribution in [0.15, 0.2) is 4.42 Å². The van der Waals surface area contributed by atoms with E-state index >= 15 is 0 Å². The summed E-state index contributed by atoms with van der Waals surface area (Å²) in [7, 11) is 0. The minimum absolute atomic E-state index is 0.192. The second-order valence-electron chi connectivity index (χ2n) is 3.77. The number of aliphatic hydroxyl groups is 1. The average Bonchev–Trinajstić information content (AvgIpc) is 2.37. The third-order valence-corrected chi connectivity index (χ3v) is 2.35. The molecule has 4 heteroatoms. The largest absolute Gasteiger partial charge is 0.466 e. The molecule has 0 spiro atoms. The first kappa shape index (κ1) is 11.8. The molecule has 0 aliphatic heterocycles. The van der Waals surface area contributed by atoms with Crippen LogP contribution < -0.4 is 5.32 Å². The van der Waals surface area contributed by atoms with E-state index in [-0.39, 0.29) is 12.5 Å². The molecular weight excluding hydrogens is 194 g/mol. The number of furan rings is 1. The van der Waals surface area contributed by atoms with Gasteiger partial charge in [0.1, 0.15) is 11.5 Å². The number of nitrogens with one attached hydrogen (secondary N) is 1. The van der Waals surface area contributed by atoms with Crippen molar-refractivity contribution in [3.8, 4) is 0 Å². The van der Waals surface area contributed by atoms with Crippen LogP contribution in [0.3, 0.4) is 0 Å². The molecule has 0 aliphatic carbocycles. The number of aryl methyl sites for hydroxylation is 2. The molecule has 1 aromatic heterocycles. The zero-order valence-corrected chi connectivity index (χ0v) is 9.55. The van der Waals surface area contributed by atoms with Crippen LogP contribution in [-0.2, 0) is 0 Å². The zero-order valence-electron chi connectivity index (χ0n) is 9.55. The molecule has 0 aromatic carbocycles. The van der Waals surface area contributed by atoms with Crippen molar-refractivity contribution >= 4 is 5.91 Å². The first-order valence-electron chi connectivity index (χ1n) is 4.96. The van der Waals surface area contributed by atoms with Crippen molar-refractivity contribution in [2.75, 3.05) is 6.54 Å². The summed E-state index contributed by atoms with van der Waals surface area (Å²) in [5, 5.41) is 11.7. The van der Waals surface area contributed by atoms with Gasteiger partial charge in [0.05, 0.1) is 11.7 Å². The van der Waals surface area contributed by atoms with E-state index in [1.807, 2.05) is 13.8 Å². The fourth-order valence-corrected chi connectivity index (χ4v) is 1.46. The number of rotatable bonds is 3. The van der Waals surface area contributed by atoms with Crippen molar-refractivity contribution in [2.45, 2.75) is 33.8 Å². The fourth-order valence-electron chi connectivity index (χ4n) is 1.46. The van der Waals surface area contributed by atoms with Gasteiger partial charge >= 0.3 is 0 Å². The molecule has 15 heavy (non-hydrogen) atoms. The third-order valence-electron chi connectivity index (χ3n) is 2.35. The summed E-state index contributed by atoms with van der Waals surface area (Å²) >= 11 is 0. The lowest BCUT2D eigenvalue weighted by molar-refractivity contribution is 0.0922. The number of carbonyl (C=O) groups excluding carboxylic acids is 1. The minimum Gasteiger partial charge on any atom is -0.466 e. The molecule has 0 bridgehead atoms. The number of hydrogen-bond acceptors (Lipinski definition) is 3. The van der Waals surface area contributed by atoms with Crippen LogP contribution in [0.4, 0.5) is 0 Å². The van der Waals surface area contributed by atoms with Gasteiger partial charge in [-0.15, -0.1) is 0 Å². The molecule has 1 amide bonds.